The lowest BCUT2D eigenvalue weighted by Crippen LogP contribution is -2.00. The Morgan fingerprint density at radius 3 is 2.63 bits per heavy atom. The molecule has 0 amide bonds. The molecule has 0 aliphatic heterocycles. The summed E-state index contributed by atoms with van der Waals surface area (Å²) in [7, 11) is 0. The summed E-state index contributed by atoms with van der Waals surface area (Å²) < 4.78 is 6.16. The first-order valence-corrected chi connectivity index (χ1v) is 9.39. The molecule has 0 spiro atoms. The number of ether oxygens (including phenoxy) is 1. The minimum absolute atomic E-state index is 0.0489. The van der Waals surface area contributed by atoms with E-state index in [9.17, 15) is 9.90 Å². The molecule has 0 atom stereocenters. The van der Waals surface area contributed by atoms with Crippen LogP contribution >= 0.6 is 11.3 Å². The van der Waals surface area contributed by atoms with Crippen LogP contribution in [0.2, 0.25) is 0 Å². The molecule has 0 radical (unpaired) electrons. The van der Waals surface area contributed by atoms with Crippen LogP contribution in [-0.2, 0) is 6.61 Å². The maximum atomic E-state index is 11.3. The number of aromatic carboxylic acids is 1. The molecule has 4 aromatic rings. The van der Waals surface area contributed by atoms with Crippen molar-refractivity contribution in [2.75, 3.05) is 0 Å². The minimum atomic E-state index is -1.03. The van der Waals surface area contributed by atoms with Gasteiger partial charge in [0.15, 0.2) is 5.69 Å². The SMILES string of the molecule is Cc1ccccc1COc1ccc2ccccc2c1-c1nc(C(=O)O)cs1. The lowest BCUT2D eigenvalue weighted by atomic mass is 10.0. The van der Waals surface area contributed by atoms with Crippen molar-refractivity contribution >= 4 is 28.1 Å². The summed E-state index contributed by atoms with van der Waals surface area (Å²) in [4.78, 5) is 15.6. The average Bonchev–Trinajstić information content (AvgIpc) is 3.17. The summed E-state index contributed by atoms with van der Waals surface area (Å²) in [5.74, 6) is -0.330. The normalized spacial score (nSPS) is 10.9. The Morgan fingerprint density at radius 2 is 1.85 bits per heavy atom. The first kappa shape index (κ1) is 17.2. The van der Waals surface area contributed by atoms with Crippen molar-refractivity contribution in [1.82, 2.24) is 4.98 Å². The van der Waals surface area contributed by atoms with E-state index in [4.69, 9.17) is 4.74 Å². The van der Waals surface area contributed by atoms with E-state index in [1.807, 2.05) is 54.6 Å². The van der Waals surface area contributed by atoms with Crippen molar-refractivity contribution in [3.63, 3.8) is 0 Å². The number of nitrogens with zero attached hydrogens (tertiary/aromatic N) is 1. The first-order valence-electron chi connectivity index (χ1n) is 8.52. The number of hydrogen-bond donors (Lipinski definition) is 1. The molecule has 0 unspecified atom stereocenters. The number of fused-ring (bicyclic) bond motifs is 1. The molecule has 0 bridgehead atoms. The molecule has 0 saturated carbocycles. The second-order valence-corrected chi connectivity index (χ2v) is 7.08. The fourth-order valence-corrected chi connectivity index (χ4v) is 3.86. The summed E-state index contributed by atoms with van der Waals surface area (Å²) in [5.41, 5.74) is 3.16. The Labute approximate surface area is 160 Å². The van der Waals surface area contributed by atoms with Crippen molar-refractivity contribution in [3.05, 3.63) is 82.9 Å². The summed E-state index contributed by atoms with van der Waals surface area (Å²) in [6.45, 7) is 2.50. The highest BCUT2D eigenvalue weighted by Gasteiger charge is 2.17. The first-order chi connectivity index (χ1) is 13.1. The number of aromatic nitrogens is 1. The Bertz CT molecular complexity index is 1130. The van der Waals surface area contributed by atoms with E-state index in [0.29, 0.717) is 17.4 Å². The highest BCUT2D eigenvalue weighted by Crippen LogP contribution is 2.39. The fraction of sp³-hybridized carbons (Fsp3) is 0.0909. The monoisotopic (exact) mass is 375 g/mol. The number of carboxylic acid groups (broad SMARTS) is 1. The minimum Gasteiger partial charge on any atom is -0.488 e. The molecule has 0 saturated heterocycles. The van der Waals surface area contributed by atoms with Crippen molar-refractivity contribution in [2.45, 2.75) is 13.5 Å². The van der Waals surface area contributed by atoms with Crippen molar-refractivity contribution in [3.8, 4) is 16.3 Å². The van der Waals surface area contributed by atoms with Gasteiger partial charge in [0.05, 0.1) is 5.56 Å². The maximum Gasteiger partial charge on any atom is 0.355 e. The van der Waals surface area contributed by atoms with E-state index in [1.54, 1.807) is 5.38 Å². The molecule has 0 fully saturated rings. The molecule has 4 rings (SSSR count). The van der Waals surface area contributed by atoms with Gasteiger partial charge in [-0.2, -0.15) is 0 Å². The van der Waals surface area contributed by atoms with E-state index < -0.39 is 5.97 Å². The molecule has 5 heteroatoms. The van der Waals surface area contributed by atoms with Gasteiger partial charge in [-0.3, -0.25) is 0 Å². The van der Waals surface area contributed by atoms with E-state index in [-0.39, 0.29) is 5.69 Å². The number of thiazole rings is 1. The maximum absolute atomic E-state index is 11.3. The quantitative estimate of drug-likeness (QED) is 0.497. The van der Waals surface area contributed by atoms with Gasteiger partial charge in [-0.15, -0.1) is 11.3 Å². The van der Waals surface area contributed by atoms with Crippen LogP contribution in [0.1, 0.15) is 21.6 Å². The molecule has 1 N–H and O–H groups in total. The lowest BCUT2D eigenvalue weighted by molar-refractivity contribution is 0.0691. The highest BCUT2D eigenvalue weighted by atomic mass is 32.1. The van der Waals surface area contributed by atoms with E-state index >= 15 is 0 Å². The van der Waals surface area contributed by atoms with Crippen LogP contribution in [0, 0.1) is 6.92 Å². The van der Waals surface area contributed by atoms with Crippen molar-refractivity contribution in [2.24, 2.45) is 0 Å². The zero-order chi connectivity index (χ0) is 18.8. The third kappa shape index (κ3) is 3.41. The summed E-state index contributed by atoms with van der Waals surface area (Å²) in [5, 5.41) is 13.5. The number of hydrogen-bond acceptors (Lipinski definition) is 4. The highest BCUT2D eigenvalue weighted by molar-refractivity contribution is 7.13. The van der Waals surface area contributed by atoms with Crippen LogP contribution in [0.25, 0.3) is 21.3 Å². The molecule has 134 valence electrons. The van der Waals surface area contributed by atoms with Crippen LogP contribution in [0.3, 0.4) is 0 Å². The number of carbonyl (C=O) groups is 1. The zero-order valence-electron chi connectivity index (χ0n) is 14.7. The fourth-order valence-electron chi connectivity index (χ4n) is 3.01. The molecule has 4 nitrogen and oxygen atoms in total. The molecule has 0 aliphatic rings. The van der Waals surface area contributed by atoms with E-state index in [0.717, 1.165) is 21.9 Å². The number of benzene rings is 3. The van der Waals surface area contributed by atoms with E-state index in [1.165, 1.54) is 16.9 Å². The van der Waals surface area contributed by atoms with Gasteiger partial charge in [-0.05, 0) is 34.9 Å². The van der Waals surface area contributed by atoms with Crippen LogP contribution < -0.4 is 4.74 Å². The smallest absolute Gasteiger partial charge is 0.355 e. The molecule has 1 aromatic heterocycles. The number of aryl methyl sites for hydroxylation is 1. The van der Waals surface area contributed by atoms with Gasteiger partial charge in [-0.25, -0.2) is 9.78 Å². The second-order valence-electron chi connectivity index (χ2n) is 6.22. The molecule has 27 heavy (non-hydrogen) atoms. The third-order valence-electron chi connectivity index (χ3n) is 4.47. The van der Waals surface area contributed by atoms with Gasteiger partial charge in [-0.1, -0.05) is 54.6 Å². The topological polar surface area (TPSA) is 59.4 Å². The predicted octanol–water partition coefficient (Wildman–Crippen LogP) is 5.55. The number of carboxylic acids is 1. The third-order valence-corrected chi connectivity index (χ3v) is 5.33. The molecule has 1 heterocycles. The van der Waals surface area contributed by atoms with Gasteiger partial charge in [0.1, 0.15) is 17.4 Å². The van der Waals surface area contributed by atoms with Gasteiger partial charge < -0.3 is 9.84 Å². The van der Waals surface area contributed by atoms with Gasteiger partial charge in [0, 0.05) is 5.38 Å². The molecular formula is C22H17NO3S. The van der Waals surface area contributed by atoms with Gasteiger partial charge >= 0.3 is 5.97 Å². The van der Waals surface area contributed by atoms with Gasteiger partial charge in [0.2, 0.25) is 0 Å². The number of rotatable bonds is 5. The van der Waals surface area contributed by atoms with Gasteiger partial charge in [0.25, 0.3) is 0 Å². The largest absolute Gasteiger partial charge is 0.488 e. The molecular weight excluding hydrogens is 358 g/mol. The van der Waals surface area contributed by atoms with Crippen LogP contribution in [0.4, 0.5) is 0 Å². The predicted molar refractivity (Wildman–Crippen MR) is 108 cm³/mol. The average molecular weight is 375 g/mol. The Morgan fingerprint density at radius 1 is 1.07 bits per heavy atom. The Balaban J connectivity index is 1.80. The van der Waals surface area contributed by atoms with Crippen molar-refractivity contribution in [1.29, 1.82) is 0 Å². The second kappa shape index (κ2) is 7.21. The van der Waals surface area contributed by atoms with Crippen LogP contribution in [-0.4, -0.2) is 16.1 Å². The molecule has 0 aliphatic carbocycles. The lowest BCUT2D eigenvalue weighted by Gasteiger charge is -2.14. The summed E-state index contributed by atoms with van der Waals surface area (Å²) in [6.07, 6.45) is 0. The Kier molecular flexibility index (Phi) is 4.60. The standard InChI is InChI=1S/C22H17NO3S/c1-14-6-2-3-8-16(14)12-26-19-11-10-15-7-4-5-9-17(15)20(19)21-23-18(13-27-21)22(24)25/h2-11,13H,12H2,1H3,(H,24,25). The zero-order valence-corrected chi connectivity index (χ0v) is 15.5. The molecule has 3 aromatic carbocycles. The Hall–Kier alpha value is -3.18. The van der Waals surface area contributed by atoms with Crippen LogP contribution in [0.5, 0.6) is 5.75 Å². The summed E-state index contributed by atoms with van der Waals surface area (Å²) >= 11 is 1.31. The van der Waals surface area contributed by atoms with Crippen LogP contribution in [0.15, 0.2) is 66.0 Å². The van der Waals surface area contributed by atoms with Crippen molar-refractivity contribution < 1.29 is 14.6 Å². The summed E-state index contributed by atoms with van der Waals surface area (Å²) in [6, 6.07) is 20.0. The van der Waals surface area contributed by atoms with E-state index in [2.05, 4.69) is 18.0 Å².